The molecule has 1 rings (SSSR count). The topological polar surface area (TPSA) is 49.3 Å². The van der Waals surface area contributed by atoms with E-state index in [-0.39, 0.29) is 24.0 Å². The molecule has 0 radical (unpaired) electrons. The molecule has 0 aliphatic rings. The van der Waals surface area contributed by atoms with Crippen LogP contribution in [0.3, 0.4) is 0 Å². The summed E-state index contributed by atoms with van der Waals surface area (Å²) in [6.07, 6.45) is 0. The second-order valence-electron chi connectivity index (χ2n) is 3.47. The molecule has 98 valence electrons. The van der Waals surface area contributed by atoms with E-state index in [4.69, 9.17) is 0 Å². The van der Waals surface area contributed by atoms with Gasteiger partial charge in [-0.1, -0.05) is 0 Å². The number of hydrogen-bond acceptors (Lipinski definition) is 3. The highest BCUT2D eigenvalue weighted by molar-refractivity contribution is 14.0. The van der Waals surface area contributed by atoms with E-state index in [1.807, 2.05) is 6.92 Å². The molecule has 0 saturated carbocycles. The maximum absolute atomic E-state index is 4.47. The third-order valence-corrected chi connectivity index (χ3v) is 3.19. The van der Waals surface area contributed by atoms with E-state index in [9.17, 15) is 0 Å². The van der Waals surface area contributed by atoms with Crippen LogP contribution in [0.15, 0.2) is 4.99 Å². The number of aliphatic imine (C=N–C) groups is 1. The lowest BCUT2D eigenvalue weighted by atomic mass is 10.4. The molecule has 2 N–H and O–H groups in total. The fourth-order valence-electron chi connectivity index (χ4n) is 1.26. The number of nitrogens with one attached hydrogen (secondary N) is 2. The monoisotopic (exact) mass is 368 g/mol. The molecule has 4 nitrogen and oxygen atoms in total. The van der Waals surface area contributed by atoms with Crippen LogP contribution in [0, 0.1) is 13.8 Å². The van der Waals surface area contributed by atoms with Crippen molar-refractivity contribution in [2.75, 3.05) is 13.1 Å². The average Bonchev–Trinajstić information content (AvgIpc) is 2.56. The molecule has 1 heterocycles. The van der Waals surface area contributed by atoms with Crippen LogP contribution in [0.25, 0.3) is 0 Å². The first-order valence-corrected chi connectivity index (χ1v) is 6.44. The molecular formula is C11H21IN4S. The Hall–Kier alpha value is -0.370. The van der Waals surface area contributed by atoms with E-state index < -0.39 is 0 Å². The van der Waals surface area contributed by atoms with E-state index in [0.717, 1.165) is 29.8 Å². The van der Waals surface area contributed by atoms with Crippen LogP contribution in [0.1, 0.15) is 29.4 Å². The zero-order chi connectivity index (χ0) is 12.0. The highest BCUT2D eigenvalue weighted by atomic mass is 127. The average molecular weight is 368 g/mol. The number of nitrogens with zero attached hydrogens (tertiary/aromatic N) is 2. The van der Waals surface area contributed by atoms with Gasteiger partial charge in [0.1, 0.15) is 5.01 Å². The molecule has 0 aliphatic heterocycles. The van der Waals surface area contributed by atoms with E-state index in [0.29, 0.717) is 6.54 Å². The van der Waals surface area contributed by atoms with E-state index >= 15 is 0 Å². The van der Waals surface area contributed by atoms with Crippen LogP contribution >= 0.6 is 35.3 Å². The minimum atomic E-state index is 0. The molecule has 0 aliphatic carbocycles. The third-order valence-electron chi connectivity index (χ3n) is 2.13. The Kier molecular flexibility index (Phi) is 8.49. The van der Waals surface area contributed by atoms with Gasteiger partial charge in [0.2, 0.25) is 0 Å². The van der Waals surface area contributed by atoms with Crippen molar-refractivity contribution in [3.63, 3.8) is 0 Å². The van der Waals surface area contributed by atoms with Gasteiger partial charge < -0.3 is 10.6 Å². The van der Waals surface area contributed by atoms with Crippen molar-refractivity contribution < 1.29 is 0 Å². The number of rotatable bonds is 4. The molecule has 6 heteroatoms. The predicted octanol–water partition coefficient (Wildman–Crippen LogP) is 2.45. The quantitative estimate of drug-likeness (QED) is 0.488. The smallest absolute Gasteiger partial charge is 0.191 e. The normalized spacial score (nSPS) is 9.41. The van der Waals surface area contributed by atoms with Gasteiger partial charge in [0, 0.05) is 18.0 Å². The number of aromatic nitrogens is 1. The standard InChI is InChI=1S/C11H20N4S.HI/c1-5-12-11(13-6-2)14-7-10-15-8(3)9(4)16-10;/h5-7H2,1-4H3,(H2,12,13,14);1H. The van der Waals surface area contributed by atoms with Gasteiger partial charge in [-0.3, -0.25) is 0 Å². The van der Waals surface area contributed by atoms with Gasteiger partial charge in [0.05, 0.1) is 12.2 Å². The second kappa shape index (κ2) is 8.68. The SMILES string of the molecule is CCNC(=NCc1nc(C)c(C)s1)NCC.I. The fourth-order valence-corrected chi connectivity index (χ4v) is 2.12. The van der Waals surface area contributed by atoms with Gasteiger partial charge in [0.15, 0.2) is 5.96 Å². The number of halogens is 1. The van der Waals surface area contributed by atoms with E-state index in [2.05, 4.69) is 41.4 Å². The summed E-state index contributed by atoms with van der Waals surface area (Å²) < 4.78 is 0. The van der Waals surface area contributed by atoms with Gasteiger partial charge in [-0.05, 0) is 27.7 Å². The summed E-state index contributed by atoms with van der Waals surface area (Å²) in [5, 5.41) is 7.45. The van der Waals surface area contributed by atoms with Gasteiger partial charge in [-0.2, -0.15) is 0 Å². The van der Waals surface area contributed by atoms with Crippen LogP contribution in [0.2, 0.25) is 0 Å². The van der Waals surface area contributed by atoms with Crippen LogP contribution in [-0.4, -0.2) is 24.0 Å². The van der Waals surface area contributed by atoms with Crippen molar-refractivity contribution in [3.05, 3.63) is 15.6 Å². The van der Waals surface area contributed by atoms with Crippen molar-refractivity contribution in [2.45, 2.75) is 34.2 Å². The number of guanidine groups is 1. The van der Waals surface area contributed by atoms with Gasteiger partial charge in [-0.15, -0.1) is 35.3 Å². The summed E-state index contributed by atoms with van der Waals surface area (Å²) in [7, 11) is 0. The molecule has 0 saturated heterocycles. The first-order valence-electron chi connectivity index (χ1n) is 5.62. The molecule has 0 amide bonds. The summed E-state index contributed by atoms with van der Waals surface area (Å²) >= 11 is 1.72. The lowest BCUT2D eigenvalue weighted by Crippen LogP contribution is -2.36. The number of aryl methyl sites for hydroxylation is 2. The highest BCUT2D eigenvalue weighted by Gasteiger charge is 2.03. The summed E-state index contributed by atoms with van der Waals surface area (Å²) in [4.78, 5) is 10.2. The van der Waals surface area contributed by atoms with Crippen molar-refractivity contribution in [1.29, 1.82) is 0 Å². The maximum atomic E-state index is 4.47. The summed E-state index contributed by atoms with van der Waals surface area (Å²) in [6, 6.07) is 0. The fraction of sp³-hybridized carbons (Fsp3) is 0.636. The maximum Gasteiger partial charge on any atom is 0.191 e. The summed E-state index contributed by atoms with van der Waals surface area (Å²) in [6.45, 7) is 10.7. The Morgan fingerprint density at radius 3 is 2.24 bits per heavy atom. The lowest BCUT2D eigenvalue weighted by Gasteiger charge is -2.08. The Bertz CT molecular complexity index is 335. The first kappa shape index (κ1) is 16.6. The van der Waals surface area contributed by atoms with Gasteiger partial charge in [0.25, 0.3) is 0 Å². The molecule has 0 spiro atoms. The summed E-state index contributed by atoms with van der Waals surface area (Å²) in [5.74, 6) is 0.857. The Labute approximate surface area is 124 Å². The minimum Gasteiger partial charge on any atom is -0.357 e. The largest absolute Gasteiger partial charge is 0.357 e. The van der Waals surface area contributed by atoms with E-state index in [1.54, 1.807) is 11.3 Å². The Morgan fingerprint density at radius 1 is 1.24 bits per heavy atom. The molecule has 0 aromatic carbocycles. The predicted molar refractivity (Wildman–Crippen MR) is 85.5 cm³/mol. The molecule has 0 unspecified atom stereocenters. The molecule has 1 aromatic heterocycles. The van der Waals surface area contributed by atoms with Crippen LogP contribution in [0.4, 0.5) is 0 Å². The van der Waals surface area contributed by atoms with E-state index in [1.165, 1.54) is 4.88 Å². The van der Waals surface area contributed by atoms with Crippen LogP contribution < -0.4 is 10.6 Å². The van der Waals surface area contributed by atoms with Crippen molar-refractivity contribution >= 4 is 41.3 Å². The Balaban J connectivity index is 0.00000256. The minimum absolute atomic E-state index is 0. The second-order valence-corrected chi connectivity index (χ2v) is 4.76. The lowest BCUT2D eigenvalue weighted by molar-refractivity contribution is 0.837. The molecule has 17 heavy (non-hydrogen) atoms. The van der Waals surface area contributed by atoms with Gasteiger partial charge >= 0.3 is 0 Å². The Morgan fingerprint density at radius 2 is 1.82 bits per heavy atom. The van der Waals surface area contributed by atoms with Crippen molar-refractivity contribution in [1.82, 2.24) is 15.6 Å². The van der Waals surface area contributed by atoms with Crippen LogP contribution in [-0.2, 0) is 6.54 Å². The number of hydrogen-bond donors (Lipinski definition) is 2. The molecule has 0 atom stereocenters. The van der Waals surface area contributed by atoms with Crippen molar-refractivity contribution in [2.24, 2.45) is 4.99 Å². The van der Waals surface area contributed by atoms with Crippen LogP contribution in [0.5, 0.6) is 0 Å². The zero-order valence-electron chi connectivity index (χ0n) is 10.8. The molecule has 0 bridgehead atoms. The number of thiazole rings is 1. The summed E-state index contributed by atoms with van der Waals surface area (Å²) in [5.41, 5.74) is 1.11. The molecule has 1 aromatic rings. The molecular weight excluding hydrogens is 347 g/mol. The van der Waals surface area contributed by atoms with Gasteiger partial charge in [-0.25, -0.2) is 9.98 Å². The zero-order valence-corrected chi connectivity index (χ0v) is 14.0. The molecule has 0 fully saturated rings. The highest BCUT2D eigenvalue weighted by Crippen LogP contribution is 2.16. The van der Waals surface area contributed by atoms with Crippen molar-refractivity contribution in [3.8, 4) is 0 Å². The first-order chi connectivity index (χ1) is 7.67. The third kappa shape index (κ3) is 5.67.